The highest BCUT2D eigenvalue weighted by Crippen LogP contribution is 2.40. The van der Waals surface area contributed by atoms with Gasteiger partial charge in [0.2, 0.25) is 15.9 Å². The molecule has 0 saturated carbocycles. The molecule has 1 amide bonds. The van der Waals surface area contributed by atoms with Crippen molar-refractivity contribution in [3.05, 3.63) is 53.8 Å². The predicted octanol–water partition coefficient (Wildman–Crippen LogP) is 3.61. The zero-order valence-electron chi connectivity index (χ0n) is 18.9. The number of carbonyl (C=O) groups excluding carboxylic acids is 1. The number of benzene rings is 2. The van der Waals surface area contributed by atoms with Gasteiger partial charge in [0, 0.05) is 37.2 Å². The van der Waals surface area contributed by atoms with Gasteiger partial charge in [0.25, 0.3) is 0 Å². The molecule has 7 nitrogen and oxygen atoms in total. The molecule has 1 atom stereocenters. The maximum Gasteiger partial charge on any atom is 0.245 e. The third-order valence-corrected chi connectivity index (χ3v) is 8.53. The van der Waals surface area contributed by atoms with Gasteiger partial charge in [0.15, 0.2) is 0 Å². The van der Waals surface area contributed by atoms with Crippen molar-refractivity contribution in [3.63, 3.8) is 0 Å². The maximum atomic E-state index is 14.1. The predicted molar refractivity (Wildman–Crippen MR) is 121 cm³/mol. The number of methoxy groups -OCH3 is 2. The first kappa shape index (κ1) is 23.5. The highest BCUT2D eigenvalue weighted by molar-refractivity contribution is 7.89. The van der Waals surface area contributed by atoms with Crippen molar-refractivity contribution in [1.29, 1.82) is 0 Å². The van der Waals surface area contributed by atoms with Crippen LogP contribution in [0.15, 0.2) is 47.4 Å². The van der Waals surface area contributed by atoms with E-state index in [2.05, 4.69) is 0 Å². The van der Waals surface area contributed by atoms with Gasteiger partial charge in [-0.3, -0.25) is 4.79 Å². The Kier molecular flexibility index (Phi) is 6.90. The summed E-state index contributed by atoms with van der Waals surface area (Å²) in [5.74, 6) is 0.393. The van der Waals surface area contributed by atoms with Crippen molar-refractivity contribution in [2.75, 3.05) is 33.9 Å². The van der Waals surface area contributed by atoms with Crippen LogP contribution in [-0.2, 0) is 14.8 Å². The van der Waals surface area contributed by atoms with E-state index < -0.39 is 15.8 Å². The number of hydrogen-bond donors (Lipinski definition) is 0. The summed E-state index contributed by atoms with van der Waals surface area (Å²) < 4.78 is 51.9. The highest BCUT2D eigenvalue weighted by Gasteiger charge is 2.39. The molecule has 4 rings (SSSR count). The number of ether oxygens (including phenoxy) is 2. The second kappa shape index (κ2) is 9.69. The van der Waals surface area contributed by atoms with Crippen molar-refractivity contribution in [2.45, 2.75) is 36.6 Å². The molecular formula is C24H29FN2O5S. The van der Waals surface area contributed by atoms with Crippen molar-refractivity contribution in [3.8, 4) is 11.5 Å². The lowest BCUT2D eigenvalue weighted by Crippen LogP contribution is -2.44. The molecule has 0 bridgehead atoms. The van der Waals surface area contributed by atoms with Crippen molar-refractivity contribution in [2.24, 2.45) is 5.92 Å². The number of amides is 1. The first-order chi connectivity index (χ1) is 15.9. The molecule has 2 aromatic rings. The molecule has 0 aliphatic carbocycles. The SMILES string of the molecule is COc1ccc([C@@H]2CCCN2C(=O)C2CCN(S(=O)(=O)c3ccccc3F)CC2)c(OC)c1. The topological polar surface area (TPSA) is 76.2 Å². The van der Waals surface area contributed by atoms with E-state index >= 15 is 0 Å². The minimum Gasteiger partial charge on any atom is -0.497 e. The number of halogens is 1. The molecular weight excluding hydrogens is 447 g/mol. The van der Waals surface area contributed by atoms with Crippen LogP contribution in [0, 0.1) is 11.7 Å². The number of sulfonamides is 1. The van der Waals surface area contributed by atoms with E-state index in [9.17, 15) is 17.6 Å². The number of piperidine rings is 1. The Hall–Kier alpha value is -2.65. The van der Waals surface area contributed by atoms with Crippen molar-refractivity contribution in [1.82, 2.24) is 9.21 Å². The second-order valence-corrected chi connectivity index (χ2v) is 10.3. The largest absolute Gasteiger partial charge is 0.497 e. The Morgan fingerprint density at radius 2 is 1.73 bits per heavy atom. The summed E-state index contributed by atoms with van der Waals surface area (Å²) in [5, 5.41) is 0. The quantitative estimate of drug-likeness (QED) is 0.637. The lowest BCUT2D eigenvalue weighted by molar-refractivity contribution is -0.137. The Morgan fingerprint density at radius 3 is 2.39 bits per heavy atom. The molecule has 2 saturated heterocycles. The molecule has 2 aromatic carbocycles. The molecule has 0 unspecified atom stereocenters. The lowest BCUT2D eigenvalue weighted by atomic mass is 9.95. The van der Waals surface area contributed by atoms with E-state index in [0.717, 1.165) is 24.5 Å². The summed E-state index contributed by atoms with van der Waals surface area (Å²) in [6, 6.07) is 10.9. The fourth-order valence-electron chi connectivity index (χ4n) is 4.82. The summed E-state index contributed by atoms with van der Waals surface area (Å²) in [4.78, 5) is 15.0. The van der Waals surface area contributed by atoms with Crippen LogP contribution in [0.25, 0.3) is 0 Å². The van der Waals surface area contributed by atoms with Crippen LogP contribution in [0.3, 0.4) is 0 Å². The summed E-state index contributed by atoms with van der Waals surface area (Å²) in [5.41, 5.74) is 0.948. The molecule has 178 valence electrons. The summed E-state index contributed by atoms with van der Waals surface area (Å²) in [6.45, 7) is 1.04. The van der Waals surface area contributed by atoms with Crippen LogP contribution in [0.4, 0.5) is 4.39 Å². The van der Waals surface area contributed by atoms with Crippen LogP contribution in [0.5, 0.6) is 11.5 Å². The van der Waals surface area contributed by atoms with E-state index in [4.69, 9.17) is 9.47 Å². The number of rotatable bonds is 6. The highest BCUT2D eigenvalue weighted by atomic mass is 32.2. The molecule has 2 aliphatic heterocycles. The summed E-state index contributed by atoms with van der Waals surface area (Å²) in [7, 11) is -0.727. The first-order valence-electron chi connectivity index (χ1n) is 11.1. The molecule has 9 heteroatoms. The van der Waals surface area contributed by atoms with Gasteiger partial charge in [-0.25, -0.2) is 12.8 Å². The number of hydrogen-bond acceptors (Lipinski definition) is 5. The normalized spacial score (nSPS) is 20.1. The Balaban J connectivity index is 1.46. The van der Waals surface area contributed by atoms with Crippen molar-refractivity contribution < 1.29 is 27.1 Å². The Labute approximate surface area is 194 Å². The Bertz CT molecular complexity index is 1120. The molecule has 2 fully saturated rings. The van der Waals surface area contributed by atoms with Gasteiger partial charge in [-0.15, -0.1) is 0 Å². The van der Waals surface area contributed by atoms with E-state index in [1.54, 1.807) is 14.2 Å². The number of likely N-dealkylation sites (tertiary alicyclic amines) is 1. The summed E-state index contributed by atoms with van der Waals surface area (Å²) >= 11 is 0. The lowest BCUT2D eigenvalue weighted by Gasteiger charge is -2.34. The average molecular weight is 477 g/mol. The molecule has 0 radical (unpaired) electrons. The van der Waals surface area contributed by atoms with E-state index in [1.807, 2.05) is 23.1 Å². The van der Waals surface area contributed by atoms with Crippen molar-refractivity contribution >= 4 is 15.9 Å². The van der Waals surface area contributed by atoms with E-state index in [0.29, 0.717) is 30.9 Å². The average Bonchev–Trinajstić information content (AvgIpc) is 3.33. The Morgan fingerprint density at radius 1 is 1.00 bits per heavy atom. The molecule has 33 heavy (non-hydrogen) atoms. The third-order valence-electron chi connectivity index (χ3n) is 6.59. The second-order valence-electron chi connectivity index (χ2n) is 8.41. The summed E-state index contributed by atoms with van der Waals surface area (Å²) in [6.07, 6.45) is 2.56. The van der Waals surface area contributed by atoms with Gasteiger partial charge in [-0.1, -0.05) is 12.1 Å². The number of carbonyl (C=O) groups is 1. The van der Waals surface area contributed by atoms with Gasteiger partial charge in [-0.2, -0.15) is 4.31 Å². The molecule has 0 spiro atoms. The monoisotopic (exact) mass is 476 g/mol. The van der Waals surface area contributed by atoms with Crippen LogP contribution in [-0.4, -0.2) is 57.4 Å². The minimum atomic E-state index is -3.93. The van der Waals surface area contributed by atoms with Crippen LogP contribution in [0.1, 0.15) is 37.3 Å². The zero-order chi connectivity index (χ0) is 23.6. The van der Waals surface area contributed by atoms with E-state index in [1.165, 1.54) is 22.5 Å². The van der Waals surface area contributed by atoms with Crippen LogP contribution >= 0.6 is 0 Å². The van der Waals surface area contributed by atoms with E-state index in [-0.39, 0.29) is 35.9 Å². The molecule has 0 aromatic heterocycles. The van der Waals surface area contributed by atoms with Gasteiger partial charge < -0.3 is 14.4 Å². The van der Waals surface area contributed by atoms with Gasteiger partial charge in [0.1, 0.15) is 22.2 Å². The van der Waals surface area contributed by atoms with Gasteiger partial charge >= 0.3 is 0 Å². The molecule has 0 N–H and O–H groups in total. The maximum absolute atomic E-state index is 14.1. The fourth-order valence-corrected chi connectivity index (χ4v) is 6.35. The van der Waals surface area contributed by atoms with Crippen LogP contribution in [0.2, 0.25) is 0 Å². The minimum absolute atomic E-state index is 0.0401. The third kappa shape index (κ3) is 4.56. The standard InChI is InChI=1S/C24H29FN2O5S/c1-31-18-9-10-19(22(16-18)32-2)21-7-5-13-27(21)24(28)17-11-14-26(15-12-17)33(29,30)23-8-4-3-6-20(23)25/h3-4,6,8-10,16-17,21H,5,7,11-15H2,1-2H3/t21-/m0/s1. The smallest absolute Gasteiger partial charge is 0.245 e. The van der Waals surface area contributed by atoms with Crippen LogP contribution < -0.4 is 9.47 Å². The fraction of sp³-hybridized carbons (Fsp3) is 0.458. The molecule has 2 aliphatic rings. The molecule has 2 heterocycles. The number of nitrogens with zero attached hydrogens (tertiary/aromatic N) is 2. The van der Waals surface area contributed by atoms with Gasteiger partial charge in [0.05, 0.1) is 20.3 Å². The zero-order valence-corrected chi connectivity index (χ0v) is 19.7. The first-order valence-corrected chi connectivity index (χ1v) is 12.6. The van der Waals surface area contributed by atoms with Gasteiger partial charge in [-0.05, 0) is 49.9 Å².